The highest BCUT2D eigenvalue weighted by atomic mass is 32.2. The molecule has 3 N–H and O–H groups in total. The van der Waals surface area contributed by atoms with Crippen molar-refractivity contribution in [2.24, 2.45) is 0 Å². The molecular weight excluding hydrogens is 250 g/mol. The van der Waals surface area contributed by atoms with Crippen LogP contribution >= 0.6 is 0 Å². The van der Waals surface area contributed by atoms with Crippen LogP contribution in [0.3, 0.4) is 0 Å². The van der Waals surface area contributed by atoms with E-state index in [0.717, 1.165) is 16.8 Å². The Labute approximate surface area is 108 Å². The fourth-order valence-corrected chi connectivity index (χ4v) is 3.58. The van der Waals surface area contributed by atoms with Crippen LogP contribution in [-0.4, -0.2) is 25.3 Å². The molecular formula is C12H19N3O2S. The number of benzene rings is 1. The van der Waals surface area contributed by atoms with Crippen LogP contribution in [0.1, 0.15) is 25.0 Å². The van der Waals surface area contributed by atoms with Crippen molar-refractivity contribution in [1.82, 2.24) is 9.03 Å². The fourth-order valence-electron chi connectivity index (χ4n) is 2.19. The first kappa shape index (κ1) is 13.3. The number of nitrogens with two attached hydrogens (primary N) is 1. The van der Waals surface area contributed by atoms with E-state index >= 15 is 0 Å². The Balaban J connectivity index is 2.23. The number of fused-ring (bicyclic) bond motifs is 1. The Morgan fingerprint density at radius 1 is 1.39 bits per heavy atom. The minimum Gasteiger partial charge on any atom is -0.398 e. The molecule has 2 rings (SSSR count). The van der Waals surface area contributed by atoms with Gasteiger partial charge in [0.05, 0.1) is 0 Å². The minimum absolute atomic E-state index is 0.0998. The van der Waals surface area contributed by atoms with Crippen LogP contribution in [0.2, 0.25) is 0 Å². The summed E-state index contributed by atoms with van der Waals surface area (Å²) >= 11 is 0. The van der Waals surface area contributed by atoms with Gasteiger partial charge in [-0.05, 0) is 37.5 Å². The van der Waals surface area contributed by atoms with Gasteiger partial charge >= 0.3 is 0 Å². The SMILES string of the molecule is CC(C)NS(=O)(=O)N1CCc2c(N)cccc2C1. The monoisotopic (exact) mass is 269 g/mol. The first-order chi connectivity index (χ1) is 8.40. The lowest BCUT2D eigenvalue weighted by Crippen LogP contribution is -2.45. The van der Waals surface area contributed by atoms with Crippen molar-refractivity contribution in [2.45, 2.75) is 32.9 Å². The van der Waals surface area contributed by atoms with Crippen molar-refractivity contribution < 1.29 is 8.42 Å². The van der Waals surface area contributed by atoms with E-state index in [-0.39, 0.29) is 6.04 Å². The summed E-state index contributed by atoms with van der Waals surface area (Å²) in [6.07, 6.45) is 0.668. The molecule has 1 aromatic rings. The molecule has 0 aromatic heterocycles. The summed E-state index contributed by atoms with van der Waals surface area (Å²) in [7, 11) is -3.40. The maximum Gasteiger partial charge on any atom is 0.279 e. The van der Waals surface area contributed by atoms with Crippen LogP contribution < -0.4 is 10.5 Å². The number of nitrogen functional groups attached to an aromatic ring is 1. The molecule has 0 amide bonds. The topological polar surface area (TPSA) is 75.4 Å². The summed E-state index contributed by atoms with van der Waals surface area (Å²) in [4.78, 5) is 0. The lowest BCUT2D eigenvalue weighted by atomic mass is 9.99. The van der Waals surface area contributed by atoms with Gasteiger partial charge in [-0.15, -0.1) is 0 Å². The summed E-state index contributed by atoms with van der Waals surface area (Å²) in [5.41, 5.74) is 8.72. The Bertz CT molecular complexity index is 540. The van der Waals surface area contributed by atoms with Crippen LogP contribution in [0, 0.1) is 0 Å². The maximum absolute atomic E-state index is 12.1. The van der Waals surface area contributed by atoms with Crippen molar-refractivity contribution in [3.05, 3.63) is 29.3 Å². The van der Waals surface area contributed by atoms with Crippen LogP contribution in [0.5, 0.6) is 0 Å². The fraction of sp³-hybridized carbons (Fsp3) is 0.500. The normalized spacial score (nSPS) is 16.8. The zero-order valence-corrected chi connectivity index (χ0v) is 11.5. The quantitative estimate of drug-likeness (QED) is 0.799. The smallest absolute Gasteiger partial charge is 0.279 e. The second-order valence-corrected chi connectivity index (χ2v) is 6.55. The number of rotatable bonds is 3. The highest BCUT2D eigenvalue weighted by molar-refractivity contribution is 7.87. The summed E-state index contributed by atoms with van der Waals surface area (Å²) < 4.78 is 28.2. The lowest BCUT2D eigenvalue weighted by Gasteiger charge is -2.29. The maximum atomic E-state index is 12.1. The molecule has 0 fully saturated rings. The molecule has 1 heterocycles. The van der Waals surface area contributed by atoms with Crippen molar-refractivity contribution in [3.8, 4) is 0 Å². The highest BCUT2D eigenvalue weighted by Gasteiger charge is 2.27. The molecule has 18 heavy (non-hydrogen) atoms. The van der Waals surface area contributed by atoms with Crippen molar-refractivity contribution in [2.75, 3.05) is 12.3 Å². The van der Waals surface area contributed by atoms with E-state index in [1.807, 2.05) is 32.0 Å². The molecule has 0 unspecified atom stereocenters. The van der Waals surface area contributed by atoms with E-state index in [1.54, 1.807) is 0 Å². The summed E-state index contributed by atoms with van der Waals surface area (Å²) in [6, 6.07) is 5.55. The zero-order chi connectivity index (χ0) is 13.3. The molecule has 1 aliphatic rings. The van der Waals surface area contributed by atoms with Gasteiger partial charge in [0.15, 0.2) is 0 Å². The van der Waals surface area contributed by atoms with E-state index in [4.69, 9.17) is 5.73 Å². The van der Waals surface area contributed by atoms with Gasteiger partial charge in [0.25, 0.3) is 10.2 Å². The second kappa shape index (κ2) is 4.87. The van der Waals surface area contributed by atoms with E-state index in [9.17, 15) is 8.42 Å². The van der Waals surface area contributed by atoms with Crippen LogP contribution in [0.15, 0.2) is 18.2 Å². The van der Waals surface area contributed by atoms with Gasteiger partial charge < -0.3 is 5.73 Å². The molecule has 0 saturated carbocycles. The van der Waals surface area contributed by atoms with Gasteiger partial charge in [0.2, 0.25) is 0 Å². The van der Waals surface area contributed by atoms with Crippen LogP contribution in [0.4, 0.5) is 5.69 Å². The minimum atomic E-state index is -3.40. The third-order valence-corrected chi connectivity index (χ3v) is 4.75. The third-order valence-electron chi connectivity index (χ3n) is 2.99. The van der Waals surface area contributed by atoms with Gasteiger partial charge in [0.1, 0.15) is 0 Å². The van der Waals surface area contributed by atoms with Crippen molar-refractivity contribution >= 4 is 15.9 Å². The summed E-state index contributed by atoms with van der Waals surface area (Å²) in [5.74, 6) is 0. The third kappa shape index (κ3) is 2.66. The number of anilines is 1. The predicted molar refractivity (Wildman–Crippen MR) is 72.2 cm³/mol. The first-order valence-electron chi connectivity index (χ1n) is 6.04. The van der Waals surface area contributed by atoms with Gasteiger partial charge in [-0.1, -0.05) is 12.1 Å². The second-order valence-electron chi connectivity index (χ2n) is 4.85. The summed E-state index contributed by atoms with van der Waals surface area (Å²) in [5, 5.41) is 0. The molecule has 5 nitrogen and oxygen atoms in total. The Morgan fingerprint density at radius 3 is 2.78 bits per heavy atom. The average molecular weight is 269 g/mol. The molecule has 1 aliphatic heterocycles. The number of hydrogen-bond acceptors (Lipinski definition) is 3. The van der Waals surface area contributed by atoms with Gasteiger partial charge in [-0.25, -0.2) is 0 Å². The Kier molecular flexibility index (Phi) is 3.61. The van der Waals surface area contributed by atoms with Crippen molar-refractivity contribution in [1.29, 1.82) is 0 Å². The lowest BCUT2D eigenvalue weighted by molar-refractivity contribution is 0.381. The Morgan fingerprint density at radius 2 is 2.11 bits per heavy atom. The largest absolute Gasteiger partial charge is 0.398 e. The van der Waals surface area contributed by atoms with E-state index < -0.39 is 10.2 Å². The van der Waals surface area contributed by atoms with Crippen LogP contribution in [-0.2, 0) is 23.2 Å². The van der Waals surface area contributed by atoms with Gasteiger partial charge in [-0.2, -0.15) is 17.4 Å². The molecule has 0 aliphatic carbocycles. The summed E-state index contributed by atoms with van der Waals surface area (Å²) in [6.45, 7) is 4.49. The molecule has 0 atom stereocenters. The zero-order valence-electron chi connectivity index (χ0n) is 10.7. The molecule has 0 saturated heterocycles. The molecule has 1 aromatic carbocycles. The van der Waals surface area contributed by atoms with Gasteiger partial charge in [-0.3, -0.25) is 0 Å². The van der Waals surface area contributed by atoms with E-state index in [2.05, 4.69) is 4.72 Å². The number of hydrogen-bond donors (Lipinski definition) is 2. The van der Waals surface area contributed by atoms with E-state index in [1.165, 1.54) is 4.31 Å². The molecule has 0 radical (unpaired) electrons. The molecule has 6 heteroatoms. The number of nitrogens with one attached hydrogen (secondary N) is 1. The Hall–Kier alpha value is -1.11. The standard InChI is InChI=1S/C12H19N3O2S/c1-9(2)14-18(16,17)15-7-6-11-10(8-15)4-3-5-12(11)13/h3-5,9,14H,6-8,13H2,1-2H3. The van der Waals surface area contributed by atoms with Crippen molar-refractivity contribution in [3.63, 3.8) is 0 Å². The van der Waals surface area contributed by atoms with Gasteiger partial charge in [0, 0.05) is 24.8 Å². The first-order valence-corrected chi connectivity index (χ1v) is 7.48. The molecule has 0 bridgehead atoms. The molecule has 100 valence electrons. The van der Waals surface area contributed by atoms with Crippen LogP contribution in [0.25, 0.3) is 0 Å². The van der Waals surface area contributed by atoms with E-state index in [0.29, 0.717) is 19.5 Å². The average Bonchev–Trinajstić information content (AvgIpc) is 2.27. The molecule has 0 spiro atoms. The highest BCUT2D eigenvalue weighted by Crippen LogP contribution is 2.25. The number of nitrogens with zero attached hydrogens (tertiary/aromatic N) is 1. The predicted octanol–water partition coefficient (Wildman–Crippen LogP) is 0.870.